The van der Waals surface area contributed by atoms with Crippen molar-refractivity contribution < 1.29 is 4.57 Å². The van der Waals surface area contributed by atoms with Gasteiger partial charge in [0.1, 0.15) is 5.52 Å². The molecule has 212 valence electrons. The highest BCUT2D eigenvalue weighted by molar-refractivity contribution is 6.16. The van der Waals surface area contributed by atoms with Crippen molar-refractivity contribution in [1.82, 2.24) is 9.13 Å². The number of para-hydroxylation sites is 2. The van der Waals surface area contributed by atoms with Crippen LogP contribution in [0.1, 0.15) is 36.0 Å². The maximum Gasteiger partial charge on any atom is 0.288 e. The van der Waals surface area contributed by atoms with Crippen molar-refractivity contribution in [3.8, 4) is 22.6 Å². The zero-order chi connectivity index (χ0) is 29.0. The molecule has 5 aromatic carbocycles. The van der Waals surface area contributed by atoms with Gasteiger partial charge < -0.3 is 4.57 Å². The second-order valence-electron chi connectivity index (χ2n) is 13.8. The molecule has 3 unspecified atom stereocenters. The largest absolute Gasteiger partial charge is 0.308 e. The van der Waals surface area contributed by atoms with Crippen molar-refractivity contribution in [2.24, 2.45) is 11.8 Å². The maximum absolute atomic E-state index is 2.75. The summed E-state index contributed by atoms with van der Waals surface area (Å²) in [4.78, 5) is 0. The number of rotatable bonds is 1. The predicted octanol–water partition coefficient (Wildman–Crippen LogP) is 9.23. The van der Waals surface area contributed by atoms with Crippen LogP contribution in [-0.2, 0) is 12.0 Å². The third kappa shape index (κ3) is 2.48. The molecule has 0 saturated heterocycles. The third-order valence-electron chi connectivity index (χ3n) is 12.1. The van der Waals surface area contributed by atoms with Gasteiger partial charge in [-0.3, -0.25) is 0 Å². The molecule has 1 fully saturated rings. The summed E-state index contributed by atoms with van der Waals surface area (Å²) in [5, 5.41) is 5.45. The number of pyridine rings is 1. The molecule has 12 rings (SSSR count). The molecule has 0 bridgehead atoms. The van der Waals surface area contributed by atoms with Crippen LogP contribution in [0.5, 0.6) is 0 Å². The second-order valence-corrected chi connectivity index (χ2v) is 13.8. The lowest BCUT2D eigenvalue weighted by Crippen LogP contribution is -2.68. The first-order chi connectivity index (χ1) is 22.3. The molecule has 0 amide bonds. The molecular weight excluding hydrogens is 546 g/mol. The first-order valence-electron chi connectivity index (χ1n) is 16.6. The fourth-order valence-electron chi connectivity index (χ4n) is 10.6. The average molecular weight is 577 g/mol. The molecule has 8 aromatic rings. The number of hydrogen-bond donors (Lipinski definition) is 0. The molecule has 3 aromatic heterocycles. The first-order valence-corrected chi connectivity index (χ1v) is 16.6. The Morgan fingerprint density at radius 3 is 2.13 bits per heavy atom. The van der Waals surface area contributed by atoms with E-state index in [1.54, 1.807) is 11.1 Å². The number of benzene rings is 5. The molecule has 0 N–H and O–H groups in total. The SMILES string of the molecule is c1ccc(-c2cc[n+]3c(c2)-n2c4ccccc4c4ccc5c(c42)C32c3c(ccc4c6ccccc6n-5c34)CC3CCCC32)cc1. The molecule has 3 nitrogen and oxygen atoms in total. The van der Waals surface area contributed by atoms with Crippen LogP contribution in [0.3, 0.4) is 0 Å². The van der Waals surface area contributed by atoms with E-state index < -0.39 is 0 Å². The molecule has 45 heavy (non-hydrogen) atoms. The Hall–Kier alpha value is -5.15. The summed E-state index contributed by atoms with van der Waals surface area (Å²) in [7, 11) is 0. The van der Waals surface area contributed by atoms with Gasteiger partial charge in [0.25, 0.3) is 5.82 Å². The lowest BCUT2D eigenvalue weighted by molar-refractivity contribution is -0.749. The van der Waals surface area contributed by atoms with E-state index in [9.17, 15) is 0 Å². The van der Waals surface area contributed by atoms with E-state index in [0.717, 1.165) is 0 Å². The van der Waals surface area contributed by atoms with Crippen LogP contribution < -0.4 is 4.57 Å². The van der Waals surface area contributed by atoms with Crippen LogP contribution in [0.25, 0.3) is 66.2 Å². The minimum Gasteiger partial charge on any atom is -0.308 e. The Labute approximate surface area is 260 Å². The molecular formula is C42H30N3+. The average Bonchev–Trinajstić information content (AvgIpc) is 3.80. The van der Waals surface area contributed by atoms with Crippen LogP contribution >= 0.6 is 0 Å². The first kappa shape index (κ1) is 23.3. The van der Waals surface area contributed by atoms with Crippen molar-refractivity contribution in [2.45, 2.75) is 31.2 Å². The summed E-state index contributed by atoms with van der Waals surface area (Å²) in [5.74, 6) is 2.51. The van der Waals surface area contributed by atoms with E-state index in [2.05, 4.69) is 135 Å². The maximum atomic E-state index is 2.75. The third-order valence-corrected chi connectivity index (χ3v) is 12.1. The molecule has 1 spiro atoms. The van der Waals surface area contributed by atoms with Gasteiger partial charge in [0, 0.05) is 39.1 Å². The lowest BCUT2D eigenvalue weighted by atomic mass is 9.59. The van der Waals surface area contributed by atoms with E-state index in [4.69, 9.17) is 0 Å². The summed E-state index contributed by atoms with van der Waals surface area (Å²) in [6.07, 6.45) is 7.54. The molecule has 4 aliphatic rings. The molecule has 0 radical (unpaired) electrons. The fraction of sp³-hybridized carbons (Fsp3) is 0.167. The Morgan fingerprint density at radius 2 is 1.31 bits per heavy atom. The minimum atomic E-state index is -0.262. The molecule has 5 heterocycles. The van der Waals surface area contributed by atoms with Crippen LogP contribution in [0.2, 0.25) is 0 Å². The number of hydrogen-bond acceptors (Lipinski definition) is 0. The highest BCUT2D eigenvalue weighted by Crippen LogP contribution is 2.62. The summed E-state index contributed by atoms with van der Waals surface area (Å²) >= 11 is 0. The van der Waals surface area contributed by atoms with Gasteiger partial charge in [-0.25, -0.2) is 4.57 Å². The molecule has 3 heteroatoms. The Balaban J connectivity index is 1.38. The molecule has 2 aliphatic carbocycles. The highest BCUT2D eigenvalue weighted by Gasteiger charge is 2.63. The standard InChI is InChI=1S/C42H30N3/c1-2-9-25(10-3-1)26-21-22-43-37(24-26)45-35-16-7-5-13-30(35)32-19-20-36-39(41(32)45)42(43)33-14-8-11-27(33)23-28-17-18-31-29-12-4-6-15-34(29)44(36)40(31)38(28)42/h1-7,9-10,12-13,15-22,24,27,33H,8,11,14,23H2/q+1. The normalized spacial score (nSPS) is 22.0. The van der Waals surface area contributed by atoms with Crippen molar-refractivity contribution in [1.29, 1.82) is 0 Å². The number of nitrogens with zero attached hydrogens (tertiary/aromatic N) is 3. The van der Waals surface area contributed by atoms with Gasteiger partial charge >= 0.3 is 0 Å². The van der Waals surface area contributed by atoms with Gasteiger partial charge in [-0.1, -0.05) is 79.2 Å². The highest BCUT2D eigenvalue weighted by atomic mass is 15.2. The topological polar surface area (TPSA) is 13.7 Å². The van der Waals surface area contributed by atoms with Crippen LogP contribution in [0.15, 0.2) is 121 Å². The summed E-state index contributed by atoms with van der Waals surface area (Å²) in [6.45, 7) is 0. The summed E-state index contributed by atoms with van der Waals surface area (Å²) in [6, 6.07) is 43.7. The summed E-state index contributed by atoms with van der Waals surface area (Å²) < 4.78 is 7.99. The molecule has 3 atom stereocenters. The van der Waals surface area contributed by atoms with Gasteiger partial charge in [0.05, 0.1) is 28.5 Å². The fourth-order valence-corrected chi connectivity index (χ4v) is 10.6. The number of aromatic nitrogens is 3. The predicted molar refractivity (Wildman–Crippen MR) is 181 cm³/mol. The lowest BCUT2D eigenvalue weighted by Gasteiger charge is -2.50. The van der Waals surface area contributed by atoms with Crippen molar-refractivity contribution in [3.63, 3.8) is 0 Å². The van der Waals surface area contributed by atoms with Gasteiger partial charge in [0.2, 0.25) is 0 Å². The summed E-state index contributed by atoms with van der Waals surface area (Å²) in [5.41, 5.74) is 13.7. The smallest absolute Gasteiger partial charge is 0.288 e. The second kappa shape index (κ2) is 7.73. The van der Waals surface area contributed by atoms with E-state index in [-0.39, 0.29) is 5.54 Å². The Morgan fingerprint density at radius 1 is 0.600 bits per heavy atom. The zero-order valence-electron chi connectivity index (χ0n) is 24.9. The monoisotopic (exact) mass is 576 g/mol. The van der Waals surface area contributed by atoms with E-state index >= 15 is 0 Å². The van der Waals surface area contributed by atoms with Crippen molar-refractivity contribution >= 4 is 43.6 Å². The van der Waals surface area contributed by atoms with Gasteiger partial charge in [-0.15, -0.1) is 0 Å². The van der Waals surface area contributed by atoms with Crippen LogP contribution in [-0.4, -0.2) is 9.13 Å². The van der Waals surface area contributed by atoms with Gasteiger partial charge in [-0.05, 0) is 78.3 Å². The Bertz CT molecular complexity index is 2620. The van der Waals surface area contributed by atoms with Crippen molar-refractivity contribution in [2.75, 3.05) is 0 Å². The van der Waals surface area contributed by atoms with Gasteiger partial charge in [-0.2, -0.15) is 4.57 Å². The van der Waals surface area contributed by atoms with E-state index in [0.29, 0.717) is 11.8 Å². The Kier molecular flexibility index (Phi) is 4.00. The van der Waals surface area contributed by atoms with E-state index in [1.165, 1.54) is 97.5 Å². The number of fused-ring (bicyclic) bond motifs is 10. The van der Waals surface area contributed by atoms with Crippen LogP contribution in [0, 0.1) is 11.8 Å². The minimum absolute atomic E-state index is 0.262. The molecule has 2 aliphatic heterocycles. The van der Waals surface area contributed by atoms with Crippen molar-refractivity contribution in [3.05, 3.63) is 138 Å². The quantitative estimate of drug-likeness (QED) is 0.173. The van der Waals surface area contributed by atoms with Crippen LogP contribution in [0.4, 0.5) is 0 Å². The van der Waals surface area contributed by atoms with Gasteiger partial charge in [0.15, 0.2) is 11.1 Å². The van der Waals surface area contributed by atoms with E-state index in [1.807, 2.05) is 0 Å². The zero-order valence-corrected chi connectivity index (χ0v) is 24.9. The molecule has 1 saturated carbocycles.